The first-order valence-corrected chi connectivity index (χ1v) is 7.14. The van der Waals surface area contributed by atoms with Gasteiger partial charge in [0, 0.05) is 0 Å². The van der Waals surface area contributed by atoms with Crippen LogP contribution in [0.15, 0.2) is 33.7 Å². The van der Waals surface area contributed by atoms with Crippen LogP contribution >= 0.6 is 11.8 Å². The molecule has 2 aromatic heterocycles. The van der Waals surface area contributed by atoms with Gasteiger partial charge in [-0.15, -0.1) is 22.0 Å². The van der Waals surface area contributed by atoms with Crippen molar-refractivity contribution in [2.45, 2.75) is 24.5 Å². The van der Waals surface area contributed by atoms with Gasteiger partial charge in [0.1, 0.15) is 28.0 Å². The van der Waals surface area contributed by atoms with Gasteiger partial charge in [0.15, 0.2) is 0 Å². The van der Waals surface area contributed by atoms with Gasteiger partial charge in [0.25, 0.3) is 0 Å². The first-order valence-electron chi connectivity index (χ1n) is 5.92. The Balaban J connectivity index is 2.00. The summed E-state index contributed by atoms with van der Waals surface area (Å²) in [6, 6.07) is 7.32. The molecule has 0 saturated carbocycles. The molecule has 5 nitrogen and oxygen atoms in total. The molecule has 0 aliphatic rings. The number of anilines is 1. The van der Waals surface area contributed by atoms with E-state index in [1.165, 1.54) is 11.8 Å². The van der Waals surface area contributed by atoms with Crippen molar-refractivity contribution in [1.29, 1.82) is 0 Å². The minimum absolute atomic E-state index is 0.299. The molecule has 6 heteroatoms. The molecular weight excluding hydrogens is 262 g/mol. The molecule has 2 aromatic rings. The highest BCUT2D eigenvalue weighted by Gasteiger charge is 2.26. The maximum atomic E-state index is 10.4. The van der Waals surface area contributed by atoms with Crippen LogP contribution in [0.4, 0.5) is 5.82 Å². The van der Waals surface area contributed by atoms with Crippen molar-refractivity contribution in [3.05, 3.63) is 35.8 Å². The molecule has 0 saturated heterocycles. The predicted octanol–water partition coefficient (Wildman–Crippen LogP) is 2.42. The topological polar surface area (TPSA) is 71.2 Å². The van der Waals surface area contributed by atoms with E-state index >= 15 is 0 Å². The Bertz CT molecular complexity index is 537. The van der Waals surface area contributed by atoms with Gasteiger partial charge in [-0.05, 0) is 44.4 Å². The standard InChI is InChI=1S/C13H17N3O2S/c1-9-4-5-10(18-9)13(2,17)8-14-11-6-7-12(19-3)16-15-11/h4-7,17H,8H2,1-3H3,(H,14,15). The van der Waals surface area contributed by atoms with Crippen LogP contribution in [-0.2, 0) is 5.60 Å². The molecule has 0 aliphatic heterocycles. The molecule has 1 atom stereocenters. The fourth-order valence-electron chi connectivity index (χ4n) is 1.60. The Hall–Kier alpha value is -1.53. The monoisotopic (exact) mass is 279 g/mol. The van der Waals surface area contributed by atoms with Crippen LogP contribution in [0.2, 0.25) is 0 Å². The van der Waals surface area contributed by atoms with Gasteiger partial charge in [0.2, 0.25) is 0 Å². The Morgan fingerprint density at radius 3 is 2.63 bits per heavy atom. The van der Waals surface area contributed by atoms with Gasteiger partial charge in [-0.2, -0.15) is 0 Å². The molecule has 0 radical (unpaired) electrons. The van der Waals surface area contributed by atoms with Crippen molar-refractivity contribution in [3.8, 4) is 0 Å². The quantitative estimate of drug-likeness (QED) is 0.819. The summed E-state index contributed by atoms with van der Waals surface area (Å²) in [6.45, 7) is 3.84. The molecule has 0 amide bonds. The fourth-order valence-corrected chi connectivity index (χ4v) is 1.92. The summed E-state index contributed by atoms with van der Waals surface area (Å²) in [4.78, 5) is 0. The third kappa shape index (κ3) is 3.48. The lowest BCUT2D eigenvalue weighted by atomic mass is 10.0. The van der Waals surface area contributed by atoms with Crippen LogP contribution in [0, 0.1) is 6.92 Å². The summed E-state index contributed by atoms with van der Waals surface area (Å²) < 4.78 is 5.44. The lowest BCUT2D eigenvalue weighted by Gasteiger charge is -2.21. The van der Waals surface area contributed by atoms with Crippen molar-refractivity contribution in [1.82, 2.24) is 10.2 Å². The average molecular weight is 279 g/mol. The maximum Gasteiger partial charge on any atom is 0.148 e. The molecule has 1 unspecified atom stereocenters. The summed E-state index contributed by atoms with van der Waals surface area (Å²) in [5.41, 5.74) is -1.09. The highest BCUT2D eigenvalue weighted by Crippen LogP contribution is 2.23. The molecule has 2 heterocycles. The molecule has 0 bridgehead atoms. The van der Waals surface area contributed by atoms with Gasteiger partial charge in [-0.3, -0.25) is 0 Å². The van der Waals surface area contributed by atoms with E-state index in [9.17, 15) is 5.11 Å². The van der Waals surface area contributed by atoms with E-state index < -0.39 is 5.60 Å². The molecule has 2 N–H and O–H groups in total. The summed E-state index contributed by atoms with van der Waals surface area (Å²) in [7, 11) is 0. The minimum Gasteiger partial charge on any atom is -0.463 e. The van der Waals surface area contributed by atoms with Gasteiger partial charge in [-0.25, -0.2) is 0 Å². The lowest BCUT2D eigenvalue weighted by Crippen LogP contribution is -2.30. The molecule has 19 heavy (non-hydrogen) atoms. The molecule has 0 aliphatic carbocycles. The van der Waals surface area contributed by atoms with Gasteiger partial charge in [0.05, 0.1) is 6.54 Å². The first kappa shape index (κ1) is 13.9. The number of hydrogen-bond acceptors (Lipinski definition) is 6. The number of nitrogens with zero attached hydrogens (tertiary/aromatic N) is 2. The summed E-state index contributed by atoms with van der Waals surface area (Å²) in [5, 5.41) is 22.3. The first-order chi connectivity index (χ1) is 9.01. The Morgan fingerprint density at radius 2 is 2.11 bits per heavy atom. The fraction of sp³-hybridized carbons (Fsp3) is 0.385. The number of nitrogens with one attached hydrogen (secondary N) is 1. The smallest absolute Gasteiger partial charge is 0.148 e. The number of thioether (sulfide) groups is 1. The normalized spacial score (nSPS) is 14.1. The maximum absolute atomic E-state index is 10.4. The van der Waals surface area contributed by atoms with E-state index in [4.69, 9.17) is 4.42 Å². The van der Waals surface area contributed by atoms with Crippen LogP contribution < -0.4 is 5.32 Å². The number of aromatic nitrogens is 2. The second kappa shape index (κ2) is 5.63. The van der Waals surface area contributed by atoms with Crippen molar-refractivity contribution >= 4 is 17.6 Å². The summed E-state index contributed by atoms with van der Waals surface area (Å²) in [6.07, 6.45) is 1.95. The number of aliphatic hydroxyl groups is 1. The van der Waals surface area contributed by atoms with E-state index in [2.05, 4.69) is 15.5 Å². The zero-order valence-electron chi connectivity index (χ0n) is 11.2. The van der Waals surface area contributed by atoms with E-state index in [0.717, 1.165) is 10.8 Å². The number of furan rings is 1. The Kier molecular flexibility index (Phi) is 4.11. The van der Waals surface area contributed by atoms with Crippen LogP contribution in [0.3, 0.4) is 0 Å². The molecule has 0 fully saturated rings. The van der Waals surface area contributed by atoms with Gasteiger partial charge >= 0.3 is 0 Å². The lowest BCUT2D eigenvalue weighted by molar-refractivity contribution is 0.0467. The van der Waals surface area contributed by atoms with Crippen LogP contribution in [-0.4, -0.2) is 28.1 Å². The molecule has 0 aromatic carbocycles. The van der Waals surface area contributed by atoms with Crippen molar-refractivity contribution in [3.63, 3.8) is 0 Å². The third-order valence-corrected chi connectivity index (χ3v) is 3.37. The molecule has 102 valence electrons. The van der Waals surface area contributed by atoms with Gasteiger partial charge < -0.3 is 14.8 Å². The number of aryl methyl sites for hydroxylation is 1. The zero-order chi connectivity index (χ0) is 13.9. The Labute approximate surface area is 116 Å². The largest absolute Gasteiger partial charge is 0.463 e. The SMILES string of the molecule is CSc1ccc(NCC(C)(O)c2ccc(C)o2)nn1. The van der Waals surface area contributed by atoms with E-state index in [1.807, 2.05) is 31.4 Å². The highest BCUT2D eigenvalue weighted by atomic mass is 32.2. The van der Waals surface area contributed by atoms with Crippen molar-refractivity contribution < 1.29 is 9.52 Å². The van der Waals surface area contributed by atoms with Gasteiger partial charge in [-0.1, -0.05) is 0 Å². The summed E-state index contributed by atoms with van der Waals surface area (Å²) in [5.74, 6) is 1.94. The molecule has 0 spiro atoms. The number of rotatable bonds is 5. The predicted molar refractivity (Wildman–Crippen MR) is 75.3 cm³/mol. The average Bonchev–Trinajstić information content (AvgIpc) is 2.85. The second-order valence-electron chi connectivity index (χ2n) is 4.50. The zero-order valence-corrected chi connectivity index (χ0v) is 12.0. The van der Waals surface area contributed by atoms with E-state index in [-0.39, 0.29) is 0 Å². The van der Waals surface area contributed by atoms with E-state index in [1.54, 1.807) is 13.0 Å². The van der Waals surface area contributed by atoms with E-state index in [0.29, 0.717) is 18.1 Å². The number of hydrogen-bond donors (Lipinski definition) is 2. The molecule has 2 rings (SSSR count). The van der Waals surface area contributed by atoms with Crippen LogP contribution in [0.5, 0.6) is 0 Å². The van der Waals surface area contributed by atoms with Crippen molar-refractivity contribution in [2.24, 2.45) is 0 Å². The summed E-state index contributed by atoms with van der Waals surface area (Å²) >= 11 is 1.53. The minimum atomic E-state index is -1.09. The molecular formula is C13H17N3O2S. The van der Waals surface area contributed by atoms with Crippen molar-refractivity contribution in [2.75, 3.05) is 18.1 Å². The highest BCUT2D eigenvalue weighted by molar-refractivity contribution is 7.98. The second-order valence-corrected chi connectivity index (χ2v) is 5.33. The van der Waals surface area contributed by atoms with Crippen LogP contribution in [0.25, 0.3) is 0 Å². The Morgan fingerprint density at radius 1 is 1.32 bits per heavy atom. The third-order valence-electron chi connectivity index (χ3n) is 2.73. The van der Waals surface area contributed by atoms with Crippen LogP contribution in [0.1, 0.15) is 18.4 Å².